The lowest BCUT2D eigenvalue weighted by Crippen LogP contribution is -2.22. The highest BCUT2D eigenvalue weighted by Gasteiger charge is 2.06. The molecule has 0 aromatic carbocycles. The van der Waals surface area contributed by atoms with E-state index >= 15 is 0 Å². The molecule has 78 valence electrons. The van der Waals surface area contributed by atoms with Crippen molar-refractivity contribution in [3.05, 3.63) is 0 Å². The number of amides is 1. The van der Waals surface area contributed by atoms with Crippen LogP contribution in [-0.4, -0.2) is 18.2 Å². The van der Waals surface area contributed by atoms with Gasteiger partial charge in [-0.25, -0.2) is 0 Å². The first-order valence-corrected chi connectivity index (χ1v) is 4.82. The largest absolute Gasteiger partial charge is 0.345 e. The maximum Gasteiger partial charge on any atom is 0.295 e. The number of hydrogen-bond acceptors (Lipinski definition) is 2. The van der Waals surface area contributed by atoms with Crippen LogP contribution in [0.5, 0.6) is 0 Å². The molecule has 1 atom stereocenters. The van der Waals surface area contributed by atoms with Crippen molar-refractivity contribution < 1.29 is 9.59 Å². The van der Waals surface area contributed by atoms with Crippen molar-refractivity contribution >= 4 is 11.7 Å². The summed E-state index contributed by atoms with van der Waals surface area (Å²) in [5, 5.41) is 2.58. The Bertz CT molecular complexity index is 240. The number of Topliss-reactive ketones (excluding diaryl/α,β-unsaturated/α-hetero) is 1. The van der Waals surface area contributed by atoms with Gasteiger partial charge in [0, 0.05) is 12.5 Å². The van der Waals surface area contributed by atoms with Gasteiger partial charge in [-0.1, -0.05) is 13.3 Å². The molecule has 3 heteroatoms. The van der Waals surface area contributed by atoms with Crippen molar-refractivity contribution in [1.82, 2.24) is 5.32 Å². The van der Waals surface area contributed by atoms with Gasteiger partial charge in [-0.3, -0.25) is 9.59 Å². The molecule has 0 unspecified atom stereocenters. The Kier molecular flexibility index (Phi) is 6.47. The topological polar surface area (TPSA) is 46.2 Å². The number of hydrogen-bond donors (Lipinski definition) is 1. The molecule has 0 spiro atoms. The zero-order valence-electron chi connectivity index (χ0n) is 8.80. The highest BCUT2D eigenvalue weighted by atomic mass is 16.1. The lowest BCUT2D eigenvalue weighted by Gasteiger charge is -2.06. The Balaban J connectivity index is 3.35. The van der Waals surface area contributed by atoms with Crippen molar-refractivity contribution in [2.45, 2.75) is 33.1 Å². The SMILES string of the molecule is C#CC(=O)NCCCC[C@H](C)C(C)=O. The van der Waals surface area contributed by atoms with Crippen LogP contribution in [0.3, 0.4) is 0 Å². The molecule has 0 aromatic heterocycles. The van der Waals surface area contributed by atoms with E-state index in [1.807, 2.05) is 12.8 Å². The third-order valence-corrected chi connectivity index (χ3v) is 2.17. The van der Waals surface area contributed by atoms with Crippen molar-refractivity contribution in [3.8, 4) is 12.3 Å². The average Bonchev–Trinajstić information content (AvgIpc) is 2.16. The van der Waals surface area contributed by atoms with Crippen LogP contribution in [0.1, 0.15) is 33.1 Å². The summed E-state index contributed by atoms with van der Waals surface area (Å²) in [4.78, 5) is 21.5. The molecule has 0 fully saturated rings. The molecule has 0 bridgehead atoms. The van der Waals surface area contributed by atoms with Crippen molar-refractivity contribution in [1.29, 1.82) is 0 Å². The fourth-order valence-corrected chi connectivity index (χ4v) is 1.03. The molecule has 0 aliphatic rings. The van der Waals surface area contributed by atoms with Gasteiger partial charge in [0.1, 0.15) is 5.78 Å². The van der Waals surface area contributed by atoms with Crippen LogP contribution in [0, 0.1) is 18.3 Å². The van der Waals surface area contributed by atoms with Crippen LogP contribution < -0.4 is 5.32 Å². The first-order chi connectivity index (χ1) is 6.57. The van der Waals surface area contributed by atoms with Crippen LogP contribution in [0.15, 0.2) is 0 Å². The second-order valence-corrected chi connectivity index (χ2v) is 3.41. The van der Waals surface area contributed by atoms with Gasteiger partial charge in [0.05, 0.1) is 0 Å². The third kappa shape index (κ3) is 6.24. The minimum Gasteiger partial charge on any atom is -0.345 e. The minimum atomic E-state index is -0.371. The molecule has 1 N–H and O–H groups in total. The third-order valence-electron chi connectivity index (χ3n) is 2.17. The van der Waals surface area contributed by atoms with Gasteiger partial charge in [-0.2, -0.15) is 0 Å². The number of carbonyl (C=O) groups is 2. The quantitative estimate of drug-likeness (QED) is 0.510. The van der Waals surface area contributed by atoms with Gasteiger partial charge >= 0.3 is 0 Å². The molecular formula is C11H17NO2. The smallest absolute Gasteiger partial charge is 0.295 e. The van der Waals surface area contributed by atoms with Crippen molar-refractivity contribution in [3.63, 3.8) is 0 Å². The molecule has 0 saturated carbocycles. The van der Waals surface area contributed by atoms with Crippen LogP contribution in [0.25, 0.3) is 0 Å². The Morgan fingerprint density at radius 1 is 1.43 bits per heavy atom. The Morgan fingerprint density at radius 2 is 2.07 bits per heavy atom. The maximum absolute atomic E-state index is 10.9. The summed E-state index contributed by atoms with van der Waals surface area (Å²) >= 11 is 0. The van der Waals surface area contributed by atoms with E-state index in [4.69, 9.17) is 6.42 Å². The summed E-state index contributed by atoms with van der Waals surface area (Å²) in [6.45, 7) is 4.11. The highest BCUT2D eigenvalue weighted by molar-refractivity contribution is 5.92. The van der Waals surface area contributed by atoms with Crippen LogP contribution >= 0.6 is 0 Å². The lowest BCUT2D eigenvalue weighted by molar-refractivity contribution is -0.120. The van der Waals surface area contributed by atoms with Crippen molar-refractivity contribution in [2.75, 3.05) is 6.54 Å². The van der Waals surface area contributed by atoms with Crippen LogP contribution in [0.4, 0.5) is 0 Å². The first kappa shape index (κ1) is 12.7. The van der Waals surface area contributed by atoms with Gasteiger partial charge in [0.25, 0.3) is 5.91 Å². The van der Waals surface area contributed by atoms with Gasteiger partial charge in [-0.15, -0.1) is 6.42 Å². The number of nitrogens with one attached hydrogen (secondary N) is 1. The second kappa shape index (κ2) is 7.14. The molecule has 0 aliphatic carbocycles. The summed E-state index contributed by atoms with van der Waals surface area (Å²) in [5.74, 6) is 1.95. The number of terminal acetylenes is 1. The van der Waals surface area contributed by atoms with Gasteiger partial charge < -0.3 is 5.32 Å². The van der Waals surface area contributed by atoms with E-state index in [0.717, 1.165) is 19.3 Å². The molecule has 0 rings (SSSR count). The average molecular weight is 195 g/mol. The summed E-state index contributed by atoms with van der Waals surface area (Å²) in [7, 11) is 0. The standard InChI is InChI=1S/C11H17NO2/c1-4-11(14)12-8-6-5-7-9(2)10(3)13/h1,9H,5-8H2,2-3H3,(H,12,14)/t9-/m0/s1. The minimum absolute atomic E-state index is 0.123. The Hall–Kier alpha value is -1.30. The van der Waals surface area contributed by atoms with Gasteiger partial charge in [0.15, 0.2) is 0 Å². The van der Waals surface area contributed by atoms with Crippen molar-refractivity contribution in [2.24, 2.45) is 5.92 Å². The van der Waals surface area contributed by atoms with E-state index in [1.165, 1.54) is 0 Å². The molecule has 3 nitrogen and oxygen atoms in total. The summed E-state index contributed by atoms with van der Waals surface area (Å²) in [6.07, 6.45) is 7.55. The monoisotopic (exact) mass is 195 g/mol. The number of unbranched alkanes of at least 4 members (excludes halogenated alkanes) is 1. The summed E-state index contributed by atoms with van der Waals surface area (Å²) < 4.78 is 0. The zero-order chi connectivity index (χ0) is 11.0. The molecule has 0 saturated heterocycles. The van der Waals surface area contributed by atoms with E-state index < -0.39 is 0 Å². The lowest BCUT2D eigenvalue weighted by atomic mass is 10.0. The van der Waals surface area contributed by atoms with E-state index in [2.05, 4.69) is 5.32 Å². The number of rotatable bonds is 6. The fraction of sp³-hybridized carbons (Fsp3) is 0.636. The van der Waals surface area contributed by atoms with E-state index in [-0.39, 0.29) is 17.6 Å². The normalized spacial score (nSPS) is 11.5. The van der Waals surface area contributed by atoms with Gasteiger partial charge in [0.2, 0.25) is 0 Å². The van der Waals surface area contributed by atoms with Crippen LogP contribution in [0.2, 0.25) is 0 Å². The summed E-state index contributed by atoms with van der Waals surface area (Å²) in [5.41, 5.74) is 0. The number of carbonyl (C=O) groups excluding carboxylic acids is 2. The second-order valence-electron chi connectivity index (χ2n) is 3.41. The molecule has 0 aliphatic heterocycles. The van der Waals surface area contributed by atoms with E-state index in [1.54, 1.807) is 6.92 Å². The molecule has 1 amide bonds. The Labute approximate surface area is 85.3 Å². The predicted octanol–water partition coefficient (Wildman–Crippen LogP) is 1.13. The summed E-state index contributed by atoms with van der Waals surface area (Å²) in [6, 6.07) is 0. The first-order valence-electron chi connectivity index (χ1n) is 4.82. The maximum atomic E-state index is 10.9. The van der Waals surface area contributed by atoms with Gasteiger partial charge in [-0.05, 0) is 25.7 Å². The highest BCUT2D eigenvalue weighted by Crippen LogP contribution is 2.07. The molecular weight excluding hydrogens is 178 g/mol. The fourth-order valence-electron chi connectivity index (χ4n) is 1.03. The predicted molar refractivity (Wildman–Crippen MR) is 55.5 cm³/mol. The molecule has 14 heavy (non-hydrogen) atoms. The molecule has 0 heterocycles. The zero-order valence-corrected chi connectivity index (χ0v) is 8.80. The number of ketones is 1. The molecule has 0 radical (unpaired) electrons. The Morgan fingerprint density at radius 3 is 2.57 bits per heavy atom. The van der Waals surface area contributed by atoms with Crippen LogP contribution in [-0.2, 0) is 9.59 Å². The molecule has 0 aromatic rings. The van der Waals surface area contributed by atoms with E-state index in [9.17, 15) is 9.59 Å². The van der Waals surface area contributed by atoms with E-state index in [0.29, 0.717) is 6.54 Å².